The summed E-state index contributed by atoms with van der Waals surface area (Å²) in [6.07, 6.45) is -3.97. The van der Waals surface area contributed by atoms with Gasteiger partial charge in [-0.25, -0.2) is 17.5 Å². The summed E-state index contributed by atoms with van der Waals surface area (Å²) in [5, 5.41) is 17.1. The Morgan fingerprint density at radius 2 is 1.91 bits per heavy atom. The predicted molar refractivity (Wildman–Crippen MR) is 120 cm³/mol. The van der Waals surface area contributed by atoms with Crippen molar-refractivity contribution in [2.24, 2.45) is 0 Å². The number of β-amino-alcohol motifs (C(OH)–C–C–N with tert-alkyl or cyclic N) is 1. The summed E-state index contributed by atoms with van der Waals surface area (Å²) in [5.41, 5.74) is -0.542. The van der Waals surface area contributed by atoms with Gasteiger partial charge in [0.15, 0.2) is 5.65 Å². The number of benzene rings is 1. The molecule has 0 amide bonds. The number of anilines is 2. The van der Waals surface area contributed by atoms with Crippen molar-refractivity contribution in [3.8, 4) is 5.69 Å². The van der Waals surface area contributed by atoms with Crippen molar-refractivity contribution in [2.45, 2.75) is 42.6 Å². The molecule has 9 nitrogen and oxygen atoms in total. The minimum absolute atomic E-state index is 0.0267. The van der Waals surface area contributed by atoms with Crippen molar-refractivity contribution in [2.75, 3.05) is 29.6 Å². The van der Waals surface area contributed by atoms with Crippen LogP contribution in [0.5, 0.6) is 0 Å². The Hall–Kier alpha value is -3.00. The molecule has 3 heterocycles. The molecule has 0 radical (unpaired) electrons. The summed E-state index contributed by atoms with van der Waals surface area (Å²) in [5.74, 6) is 0.379. The summed E-state index contributed by atoms with van der Waals surface area (Å²) < 4.78 is 78.5. The molecule has 2 N–H and O–H groups in total. The van der Waals surface area contributed by atoms with Crippen LogP contribution < -0.4 is 10.2 Å². The van der Waals surface area contributed by atoms with E-state index in [9.17, 15) is 31.1 Å². The summed E-state index contributed by atoms with van der Waals surface area (Å²) >= 11 is 0. The zero-order chi connectivity index (χ0) is 25.1. The molecule has 0 unspecified atom stereocenters. The average molecular weight is 515 g/mol. The normalized spacial score (nSPS) is 25.1. The van der Waals surface area contributed by atoms with Crippen LogP contribution in [0.1, 0.15) is 18.4 Å². The van der Waals surface area contributed by atoms with Crippen LogP contribution in [0.25, 0.3) is 16.7 Å². The Balaban J connectivity index is 1.55. The van der Waals surface area contributed by atoms with E-state index in [1.54, 1.807) is 0 Å². The average Bonchev–Trinajstić information content (AvgIpc) is 3.31. The Bertz CT molecular complexity index is 1360. The van der Waals surface area contributed by atoms with Gasteiger partial charge in [-0.1, -0.05) is 6.07 Å². The number of fused-ring (bicyclic) bond motifs is 1. The van der Waals surface area contributed by atoms with Crippen LogP contribution >= 0.6 is 0 Å². The van der Waals surface area contributed by atoms with Crippen molar-refractivity contribution in [1.82, 2.24) is 19.7 Å². The van der Waals surface area contributed by atoms with Gasteiger partial charge in [-0.2, -0.15) is 28.2 Å². The topological polar surface area (TPSA) is 113 Å². The van der Waals surface area contributed by atoms with Crippen LogP contribution in [-0.2, 0) is 16.0 Å². The Kier molecular flexibility index (Phi) is 5.62. The number of halogens is 4. The maximum atomic E-state index is 14.1. The molecular weight excluding hydrogens is 492 g/mol. The van der Waals surface area contributed by atoms with Gasteiger partial charge in [0.25, 0.3) is 0 Å². The molecule has 2 fully saturated rings. The molecule has 2 aromatic heterocycles. The number of hydrogen-bond donors (Lipinski definition) is 2. The number of nitrogens with one attached hydrogen (secondary N) is 1. The van der Waals surface area contributed by atoms with Crippen LogP contribution in [0.15, 0.2) is 30.5 Å². The van der Waals surface area contributed by atoms with E-state index in [0.717, 1.165) is 12.1 Å². The quantitative estimate of drug-likeness (QED) is 0.499. The monoisotopic (exact) mass is 514 g/mol. The number of aliphatic hydroxyl groups is 1. The van der Waals surface area contributed by atoms with Crippen molar-refractivity contribution in [1.29, 1.82) is 0 Å². The standard InChI is InChI=1S/C21H22F4N6O3S/c1-35(33,34)14-6-12(7-14)27-20-28-18(30-9-16(22)17(32)10-30)15-8-26-31(19(15)29-20)13-4-2-3-11(5-13)21(23,24)25/h2-5,8,12,14,16-17,32H,6-7,9-10H2,1H3,(H,27,28,29)/t12?,14?,16-,17-/m1/s1. The first-order chi connectivity index (χ1) is 16.4. The molecule has 2 aliphatic rings. The third-order valence-electron chi connectivity index (χ3n) is 6.38. The van der Waals surface area contributed by atoms with Gasteiger partial charge in [-0.05, 0) is 31.0 Å². The van der Waals surface area contributed by atoms with Crippen molar-refractivity contribution < 1.29 is 31.1 Å². The van der Waals surface area contributed by atoms with Gasteiger partial charge >= 0.3 is 6.18 Å². The fourth-order valence-electron chi connectivity index (χ4n) is 4.34. The largest absolute Gasteiger partial charge is 0.416 e. The summed E-state index contributed by atoms with van der Waals surface area (Å²) in [7, 11) is -3.17. The first-order valence-corrected chi connectivity index (χ1v) is 12.8. The van der Waals surface area contributed by atoms with E-state index in [1.807, 2.05) is 0 Å². The molecule has 0 spiro atoms. The molecule has 188 valence electrons. The highest BCUT2D eigenvalue weighted by Crippen LogP contribution is 2.34. The number of sulfone groups is 1. The first-order valence-electron chi connectivity index (χ1n) is 10.9. The Labute approximate surface area is 197 Å². The molecule has 2 atom stereocenters. The third-order valence-corrected chi connectivity index (χ3v) is 7.98. The highest BCUT2D eigenvalue weighted by Gasteiger charge is 2.38. The molecule has 1 saturated carbocycles. The summed E-state index contributed by atoms with van der Waals surface area (Å²) in [6.45, 7) is -0.151. The fourth-order valence-corrected chi connectivity index (χ4v) is 5.50. The van der Waals surface area contributed by atoms with Gasteiger partial charge in [-0.3, -0.25) is 0 Å². The number of nitrogens with zero attached hydrogens (tertiary/aromatic N) is 5. The van der Waals surface area contributed by atoms with E-state index in [0.29, 0.717) is 18.2 Å². The van der Waals surface area contributed by atoms with E-state index < -0.39 is 39.1 Å². The van der Waals surface area contributed by atoms with E-state index in [4.69, 9.17) is 0 Å². The lowest BCUT2D eigenvalue weighted by Crippen LogP contribution is -2.43. The van der Waals surface area contributed by atoms with Gasteiger partial charge < -0.3 is 15.3 Å². The van der Waals surface area contributed by atoms with Gasteiger partial charge in [0.2, 0.25) is 5.95 Å². The summed E-state index contributed by atoms with van der Waals surface area (Å²) in [4.78, 5) is 10.4. The zero-order valence-corrected chi connectivity index (χ0v) is 19.3. The fraction of sp³-hybridized carbons (Fsp3) is 0.476. The maximum Gasteiger partial charge on any atom is 0.416 e. The smallest absolute Gasteiger partial charge is 0.388 e. The second-order valence-corrected chi connectivity index (χ2v) is 11.3. The SMILES string of the molecule is CS(=O)(=O)C1CC(Nc2nc(N3C[C@@H](O)[C@H](F)C3)c3cnn(-c4cccc(C(F)(F)F)c4)c3n2)C1. The second kappa shape index (κ2) is 8.29. The zero-order valence-electron chi connectivity index (χ0n) is 18.4. The van der Waals surface area contributed by atoms with Crippen molar-refractivity contribution in [3.05, 3.63) is 36.0 Å². The lowest BCUT2D eigenvalue weighted by atomic mass is 9.92. The molecule has 1 aliphatic heterocycles. The van der Waals surface area contributed by atoms with Crippen molar-refractivity contribution >= 4 is 32.6 Å². The molecule has 1 aromatic carbocycles. The third kappa shape index (κ3) is 4.51. The van der Waals surface area contributed by atoms with Gasteiger partial charge in [0.1, 0.15) is 27.9 Å². The highest BCUT2D eigenvalue weighted by molar-refractivity contribution is 7.91. The highest BCUT2D eigenvalue weighted by atomic mass is 32.2. The minimum Gasteiger partial charge on any atom is -0.388 e. The van der Waals surface area contributed by atoms with Crippen LogP contribution in [0, 0.1) is 0 Å². The lowest BCUT2D eigenvalue weighted by molar-refractivity contribution is -0.137. The van der Waals surface area contributed by atoms with Gasteiger partial charge in [-0.15, -0.1) is 0 Å². The summed E-state index contributed by atoms with van der Waals surface area (Å²) in [6, 6.07) is 4.39. The molecule has 14 heteroatoms. The second-order valence-electron chi connectivity index (χ2n) is 8.97. The van der Waals surface area contributed by atoms with E-state index >= 15 is 0 Å². The molecular formula is C21H22F4N6O3S. The number of alkyl halides is 4. The first kappa shape index (κ1) is 23.7. The Morgan fingerprint density at radius 3 is 2.54 bits per heavy atom. The number of rotatable bonds is 5. The van der Waals surface area contributed by atoms with E-state index in [2.05, 4.69) is 20.4 Å². The minimum atomic E-state index is -4.55. The van der Waals surface area contributed by atoms with Gasteiger partial charge in [0.05, 0.1) is 34.6 Å². The number of aliphatic hydroxyl groups excluding tert-OH is 1. The molecule has 0 bridgehead atoms. The predicted octanol–water partition coefficient (Wildman–Crippen LogP) is 2.34. The van der Waals surface area contributed by atoms with Crippen LogP contribution in [-0.4, -0.2) is 76.2 Å². The van der Waals surface area contributed by atoms with Crippen molar-refractivity contribution in [3.63, 3.8) is 0 Å². The molecule has 35 heavy (non-hydrogen) atoms. The van der Waals surface area contributed by atoms with E-state index in [-0.39, 0.29) is 42.2 Å². The van der Waals surface area contributed by atoms with Gasteiger partial charge in [0, 0.05) is 18.8 Å². The number of aromatic nitrogens is 4. The van der Waals surface area contributed by atoms with Crippen LogP contribution in [0.3, 0.4) is 0 Å². The van der Waals surface area contributed by atoms with Crippen LogP contribution in [0.4, 0.5) is 29.3 Å². The molecule has 5 rings (SSSR count). The lowest BCUT2D eigenvalue weighted by Gasteiger charge is -2.34. The maximum absolute atomic E-state index is 14.1. The van der Waals surface area contributed by atoms with Crippen LogP contribution in [0.2, 0.25) is 0 Å². The van der Waals surface area contributed by atoms with E-state index in [1.165, 1.54) is 34.2 Å². The molecule has 3 aromatic rings. The molecule has 1 saturated heterocycles. The molecule has 1 aliphatic carbocycles. The Morgan fingerprint density at radius 1 is 1.17 bits per heavy atom. The number of hydrogen-bond acceptors (Lipinski definition) is 8.